The van der Waals surface area contributed by atoms with Crippen LogP contribution in [0.25, 0.3) is 0 Å². The lowest BCUT2D eigenvalue weighted by Gasteiger charge is -2.18. The third-order valence-corrected chi connectivity index (χ3v) is 3.26. The van der Waals surface area contributed by atoms with E-state index in [9.17, 15) is 9.18 Å². The maximum absolute atomic E-state index is 13.3. The van der Waals surface area contributed by atoms with E-state index >= 15 is 0 Å². The Hall–Kier alpha value is -2.01. The molecular weight excluding hydrogens is 293 g/mol. The third kappa shape index (κ3) is 3.36. The molecule has 2 rings (SSSR count). The first-order chi connectivity index (χ1) is 9.90. The monoisotopic (exact) mass is 307 g/mol. The van der Waals surface area contributed by atoms with Gasteiger partial charge in [0.25, 0.3) is 5.91 Å². The first-order valence-corrected chi connectivity index (χ1v) is 6.84. The lowest BCUT2D eigenvalue weighted by atomic mass is 10.2. The molecule has 0 saturated carbocycles. The minimum atomic E-state index is -0.413. The predicted molar refractivity (Wildman–Crippen MR) is 80.3 cm³/mol. The number of benzene rings is 1. The molecule has 2 aromatic rings. The predicted octanol–water partition coefficient (Wildman–Crippen LogP) is 3.67. The summed E-state index contributed by atoms with van der Waals surface area (Å²) in [7, 11) is 1.55. The highest BCUT2D eigenvalue weighted by Crippen LogP contribution is 2.21. The zero-order chi connectivity index (χ0) is 15.6. The molecule has 0 fully saturated rings. The van der Waals surface area contributed by atoms with Gasteiger partial charge in [0.05, 0.1) is 11.2 Å². The van der Waals surface area contributed by atoms with Crippen molar-refractivity contribution in [3.63, 3.8) is 0 Å². The molecule has 0 aliphatic carbocycles. The van der Waals surface area contributed by atoms with Gasteiger partial charge in [-0.15, -0.1) is 0 Å². The molecule has 4 nitrogen and oxygen atoms in total. The van der Waals surface area contributed by atoms with E-state index in [4.69, 9.17) is 11.6 Å². The molecular formula is C15H15ClFN3O. The molecule has 1 aromatic carbocycles. The number of carbonyl (C=O) groups excluding carboxylic acids is 1. The molecule has 0 atom stereocenters. The maximum atomic E-state index is 13.3. The minimum Gasteiger partial charge on any atom is -0.310 e. The summed E-state index contributed by atoms with van der Waals surface area (Å²) in [6.45, 7) is 3.85. The van der Waals surface area contributed by atoms with Gasteiger partial charge in [-0.1, -0.05) is 31.5 Å². The van der Waals surface area contributed by atoms with Crippen LogP contribution < -0.4 is 4.90 Å². The van der Waals surface area contributed by atoms with Crippen molar-refractivity contribution in [3.05, 3.63) is 52.8 Å². The Balaban J connectivity index is 2.37. The SMILES string of the molecule is CC(C)c1ncc(Cl)c(C(=O)N(C)c2cccc(F)c2)n1. The van der Waals surface area contributed by atoms with E-state index in [2.05, 4.69) is 9.97 Å². The van der Waals surface area contributed by atoms with E-state index in [0.29, 0.717) is 11.5 Å². The van der Waals surface area contributed by atoms with Crippen LogP contribution in [-0.2, 0) is 0 Å². The number of hydrogen-bond donors (Lipinski definition) is 0. The molecule has 0 aliphatic rings. The van der Waals surface area contributed by atoms with Gasteiger partial charge in [-0.25, -0.2) is 14.4 Å². The first kappa shape index (κ1) is 15.4. The summed E-state index contributed by atoms with van der Waals surface area (Å²) in [5.41, 5.74) is 0.544. The number of rotatable bonds is 3. The number of nitrogens with zero attached hydrogens (tertiary/aromatic N) is 3. The lowest BCUT2D eigenvalue weighted by Crippen LogP contribution is -2.28. The second-order valence-corrected chi connectivity index (χ2v) is 5.33. The second-order valence-electron chi connectivity index (χ2n) is 4.92. The van der Waals surface area contributed by atoms with Crippen LogP contribution >= 0.6 is 11.6 Å². The molecule has 110 valence electrons. The normalized spacial score (nSPS) is 10.8. The van der Waals surface area contributed by atoms with Crippen molar-refractivity contribution in [2.45, 2.75) is 19.8 Å². The van der Waals surface area contributed by atoms with Gasteiger partial charge in [-0.2, -0.15) is 0 Å². The number of anilines is 1. The fraction of sp³-hybridized carbons (Fsp3) is 0.267. The van der Waals surface area contributed by atoms with Crippen LogP contribution in [0.15, 0.2) is 30.5 Å². The van der Waals surface area contributed by atoms with E-state index in [-0.39, 0.29) is 16.6 Å². The lowest BCUT2D eigenvalue weighted by molar-refractivity contribution is 0.0988. The summed E-state index contributed by atoms with van der Waals surface area (Å²) < 4.78 is 13.3. The van der Waals surface area contributed by atoms with E-state index in [1.807, 2.05) is 13.8 Å². The summed E-state index contributed by atoms with van der Waals surface area (Å²) in [6, 6.07) is 5.77. The molecule has 1 heterocycles. The smallest absolute Gasteiger partial charge is 0.278 e. The first-order valence-electron chi connectivity index (χ1n) is 6.46. The molecule has 0 N–H and O–H groups in total. The van der Waals surface area contributed by atoms with Gasteiger partial charge in [0.15, 0.2) is 5.69 Å². The molecule has 0 radical (unpaired) electrons. The van der Waals surface area contributed by atoms with Gasteiger partial charge in [0.1, 0.15) is 11.6 Å². The zero-order valence-corrected chi connectivity index (χ0v) is 12.7. The molecule has 0 bridgehead atoms. The molecule has 6 heteroatoms. The second kappa shape index (κ2) is 6.18. The van der Waals surface area contributed by atoms with E-state index < -0.39 is 11.7 Å². The van der Waals surface area contributed by atoms with Crippen molar-refractivity contribution < 1.29 is 9.18 Å². The van der Waals surface area contributed by atoms with Crippen LogP contribution in [0.2, 0.25) is 5.02 Å². The Morgan fingerprint density at radius 3 is 2.71 bits per heavy atom. The summed E-state index contributed by atoms with van der Waals surface area (Å²) >= 11 is 6.01. The highest BCUT2D eigenvalue weighted by molar-refractivity contribution is 6.34. The average molecular weight is 308 g/mol. The van der Waals surface area contributed by atoms with Crippen molar-refractivity contribution in [1.82, 2.24) is 9.97 Å². The molecule has 0 unspecified atom stereocenters. The quantitative estimate of drug-likeness (QED) is 0.869. The van der Waals surface area contributed by atoms with Crippen molar-refractivity contribution in [3.8, 4) is 0 Å². The minimum absolute atomic E-state index is 0.0771. The molecule has 1 amide bonds. The van der Waals surface area contributed by atoms with Crippen molar-refractivity contribution in [2.24, 2.45) is 0 Å². The van der Waals surface area contributed by atoms with Gasteiger partial charge >= 0.3 is 0 Å². The molecule has 1 aromatic heterocycles. The average Bonchev–Trinajstić information content (AvgIpc) is 2.46. The fourth-order valence-electron chi connectivity index (χ4n) is 1.77. The van der Waals surface area contributed by atoms with Crippen molar-refractivity contribution >= 4 is 23.2 Å². The summed E-state index contributed by atoms with van der Waals surface area (Å²) in [6.07, 6.45) is 1.41. The third-order valence-electron chi connectivity index (χ3n) is 2.98. The number of halogens is 2. The van der Waals surface area contributed by atoms with Gasteiger partial charge in [0.2, 0.25) is 0 Å². The zero-order valence-electron chi connectivity index (χ0n) is 12.0. The van der Waals surface area contributed by atoms with E-state index in [1.54, 1.807) is 13.1 Å². The van der Waals surface area contributed by atoms with Gasteiger partial charge in [-0.05, 0) is 18.2 Å². The summed E-state index contributed by atoms with van der Waals surface area (Å²) in [5, 5.41) is 0.174. The van der Waals surface area contributed by atoms with Crippen molar-refractivity contribution in [2.75, 3.05) is 11.9 Å². The van der Waals surface area contributed by atoms with Gasteiger partial charge in [0, 0.05) is 18.7 Å². The number of amides is 1. The topological polar surface area (TPSA) is 46.1 Å². The summed E-state index contributed by atoms with van der Waals surface area (Å²) in [4.78, 5) is 22.1. The molecule has 0 spiro atoms. The Kier molecular flexibility index (Phi) is 4.53. The highest BCUT2D eigenvalue weighted by atomic mass is 35.5. The highest BCUT2D eigenvalue weighted by Gasteiger charge is 2.20. The Labute approximate surface area is 127 Å². The maximum Gasteiger partial charge on any atom is 0.278 e. The van der Waals surface area contributed by atoms with E-state index in [0.717, 1.165) is 0 Å². The standard InChI is InChI=1S/C15H15ClFN3O/c1-9(2)14-18-8-12(16)13(19-14)15(21)20(3)11-6-4-5-10(17)7-11/h4-9H,1-3H3. The molecule has 0 aliphatic heterocycles. The van der Waals surface area contributed by atoms with Crippen LogP contribution in [0, 0.1) is 5.82 Å². The summed E-state index contributed by atoms with van der Waals surface area (Å²) in [5.74, 6) is -0.206. The molecule has 21 heavy (non-hydrogen) atoms. The number of carbonyl (C=O) groups is 1. The van der Waals surface area contributed by atoms with Crippen LogP contribution in [0.4, 0.5) is 10.1 Å². The van der Waals surface area contributed by atoms with Crippen LogP contribution in [0.3, 0.4) is 0 Å². The van der Waals surface area contributed by atoms with Crippen LogP contribution in [0.5, 0.6) is 0 Å². The van der Waals surface area contributed by atoms with E-state index in [1.165, 1.54) is 29.3 Å². The van der Waals surface area contributed by atoms with Crippen molar-refractivity contribution in [1.29, 1.82) is 0 Å². The van der Waals surface area contributed by atoms with Gasteiger partial charge in [-0.3, -0.25) is 4.79 Å². The van der Waals surface area contributed by atoms with Gasteiger partial charge < -0.3 is 4.90 Å². The van der Waals surface area contributed by atoms with Crippen LogP contribution in [0.1, 0.15) is 36.1 Å². The largest absolute Gasteiger partial charge is 0.310 e. The van der Waals surface area contributed by atoms with Crippen LogP contribution in [-0.4, -0.2) is 22.9 Å². The number of aromatic nitrogens is 2. The Morgan fingerprint density at radius 2 is 2.10 bits per heavy atom. The fourth-order valence-corrected chi connectivity index (χ4v) is 1.94. The Morgan fingerprint density at radius 1 is 1.38 bits per heavy atom. The molecule has 0 saturated heterocycles. The number of hydrogen-bond acceptors (Lipinski definition) is 3. The Bertz CT molecular complexity index is 676.